The third-order valence-electron chi connectivity index (χ3n) is 1.75. The van der Waals surface area contributed by atoms with Crippen LogP contribution in [0, 0.1) is 0 Å². The molecule has 22 heavy (non-hydrogen) atoms. The number of nitrogens with zero attached hydrogens (tertiary/aromatic N) is 1. The van der Waals surface area contributed by atoms with Crippen molar-refractivity contribution < 1.29 is 27.0 Å². The first-order valence-corrected chi connectivity index (χ1v) is 12.1. The Balaban J connectivity index is 2.87. The van der Waals surface area contributed by atoms with Crippen LogP contribution in [-0.4, -0.2) is 30.8 Å². The van der Waals surface area contributed by atoms with Gasteiger partial charge in [-0.3, -0.25) is 0 Å². The number of carbonyl (C=O) groups excluding carboxylic acids is 1. The van der Waals surface area contributed by atoms with Crippen molar-refractivity contribution in [2.24, 2.45) is 0 Å². The van der Waals surface area contributed by atoms with Crippen molar-refractivity contribution in [3.8, 4) is 5.19 Å². The predicted molar refractivity (Wildman–Crippen MR) is 92.4 cm³/mol. The average molecular weight is 452 g/mol. The summed E-state index contributed by atoms with van der Waals surface area (Å²) in [4.78, 5) is 15.7. The molecule has 12 heteroatoms. The first-order valence-electron chi connectivity index (χ1n) is 6.21. The Bertz CT molecular complexity index is 531. The number of carbonyl (C=O) groups is 1. The lowest BCUT2D eigenvalue weighted by Crippen LogP contribution is -2.05. The molecule has 0 aliphatic carbocycles. The Labute approximate surface area is 149 Å². The zero-order valence-electron chi connectivity index (χ0n) is 12.1. The molecule has 0 N–H and O–H groups in total. The fourth-order valence-electron chi connectivity index (χ4n) is 1.02. The maximum Gasteiger partial charge on any atom is 0.413 e. The average Bonchev–Trinajstić information content (AvgIpc) is 2.84. The van der Waals surface area contributed by atoms with Crippen LogP contribution < -0.4 is 4.52 Å². The molecule has 0 aromatic carbocycles. The largest absolute Gasteiger partial charge is 0.461 e. The van der Waals surface area contributed by atoms with Crippen LogP contribution in [0.1, 0.15) is 31.3 Å². The molecule has 0 fully saturated rings. The van der Waals surface area contributed by atoms with Gasteiger partial charge in [0.05, 0.1) is 19.8 Å². The van der Waals surface area contributed by atoms with E-state index < -0.39 is 11.7 Å². The number of rotatable bonds is 10. The molecule has 0 saturated carbocycles. The van der Waals surface area contributed by atoms with Gasteiger partial charge in [0.25, 0.3) is 5.19 Å². The second-order valence-electron chi connectivity index (χ2n) is 3.32. The van der Waals surface area contributed by atoms with Crippen molar-refractivity contribution in [1.29, 1.82) is 0 Å². The van der Waals surface area contributed by atoms with Gasteiger partial charge < -0.3 is 17.6 Å². The molecule has 126 valence electrons. The fourth-order valence-corrected chi connectivity index (χ4v) is 6.82. The minimum atomic E-state index is -3.36. The molecule has 0 radical (unpaired) electrons. The van der Waals surface area contributed by atoms with Gasteiger partial charge in [-0.05, 0) is 36.7 Å². The molecule has 0 saturated heterocycles. The topological polar surface area (TPSA) is 84.0 Å². The number of esters is 1. The van der Waals surface area contributed by atoms with Crippen molar-refractivity contribution in [2.45, 2.75) is 20.8 Å². The third-order valence-corrected chi connectivity index (χ3v) is 8.17. The van der Waals surface area contributed by atoms with E-state index in [-0.39, 0.29) is 17.5 Å². The van der Waals surface area contributed by atoms with Crippen LogP contribution in [0.25, 0.3) is 0 Å². The molecule has 1 aromatic heterocycles. The SMILES string of the molecule is CCOSP(=O)(Oc1nc(C(=O)OCC)c(Br)s1)SOCC. The van der Waals surface area contributed by atoms with Gasteiger partial charge in [0.15, 0.2) is 5.69 Å². The van der Waals surface area contributed by atoms with Gasteiger partial charge >= 0.3 is 11.7 Å². The van der Waals surface area contributed by atoms with Crippen LogP contribution in [0.3, 0.4) is 0 Å². The number of hydrogen-bond donors (Lipinski definition) is 0. The summed E-state index contributed by atoms with van der Waals surface area (Å²) < 4.78 is 33.5. The Hall–Kier alpha value is 0.230. The summed E-state index contributed by atoms with van der Waals surface area (Å²) >= 11 is 5.64. The van der Waals surface area contributed by atoms with Gasteiger partial charge in [0.2, 0.25) is 0 Å². The van der Waals surface area contributed by atoms with E-state index in [4.69, 9.17) is 17.6 Å². The molecule has 0 aliphatic heterocycles. The van der Waals surface area contributed by atoms with Crippen LogP contribution >= 0.6 is 56.4 Å². The zero-order valence-corrected chi connectivity index (χ0v) is 17.0. The summed E-state index contributed by atoms with van der Waals surface area (Å²) in [6.45, 7) is 6.18. The molecule has 0 spiro atoms. The summed E-state index contributed by atoms with van der Waals surface area (Å²) in [5.74, 6) is -3.94. The van der Waals surface area contributed by atoms with Gasteiger partial charge in [0, 0.05) is 0 Å². The molecule has 0 aliphatic rings. The van der Waals surface area contributed by atoms with E-state index >= 15 is 0 Å². The first kappa shape index (κ1) is 20.3. The van der Waals surface area contributed by atoms with Gasteiger partial charge in [-0.15, -0.1) is 0 Å². The number of ether oxygens (including phenoxy) is 1. The van der Waals surface area contributed by atoms with E-state index in [9.17, 15) is 9.36 Å². The quantitative estimate of drug-likeness (QED) is 0.278. The maximum absolute atomic E-state index is 12.6. The lowest BCUT2D eigenvalue weighted by atomic mass is 10.5. The summed E-state index contributed by atoms with van der Waals surface area (Å²) in [5, 5.41) is 0.0673. The zero-order chi connectivity index (χ0) is 16.6. The molecule has 1 aromatic rings. The van der Waals surface area contributed by atoms with Crippen LogP contribution in [0.2, 0.25) is 0 Å². The Kier molecular flexibility index (Phi) is 9.37. The normalized spacial score (nSPS) is 11.5. The standard InChI is InChI=1S/C10H15BrNO6PS3/c1-4-15-9(13)7-8(11)20-10(12-7)18-19(14,21-16-5-2)22-17-6-3/h4-6H2,1-3H3. The lowest BCUT2D eigenvalue weighted by molar-refractivity contribution is 0.0519. The fraction of sp³-hybridized carbons (Fsp3) is 0.600. The lowest BCUT2D eigenvalue weighted by Gasteiger charge is -2.13. The van der Waals surface area contributed by atoms with Crippen LogP contribution in [0.5, 0.6) is 5.19 Å². The van der Waals surface area contributed by atoms with Crippen molar-refractivity contribution in [3.63, 3.8) is 0 Å². The molecule has 0 bridgehead atoms. The van der Waals surface area contributed by atoms with Crippen LogP contribution in [0.15, 0.2) is 3.79 Å². The number of hydrogen-bond acceptors (Lipinski definition) is 10. The molecule has 1 heterocycles. The van der Waals surface area contributed by atoms with E-state index in [1.807, 2.05) is 0 Å². The van der Waals surface area contributed by atoms with E-state index in [0.29, 0.717) is 40.3 Å². The highest BCUT2D eigenvalue weighted by atomic mass is 79.9. The Morgan fingerprint density at radius 2 is 1.82 bits per heavy atom. The van der Waals surface area contributed by atoms with E-state index in [1.54, 1.807) is 20.8 Å². The van der Waals surface area contributed by atoms with Gasteiger partial charge in [-0.25, -0.2) is 9.36 Å². The van der Waals surface area contributed by atoms with Gasteiger partial charge in [-0.1, -0.05) is 11.3 Å². The van der Waals surface area contributed by atoms with Crippen molar-refractivity contribution in [1.82, 2.24) is 4.98 Å². The maximum atomic E-state index is 12.6. The Morgan fingerprint density at radius 3 is 2.32 bits per heavy atom. The van der Waals surface area contributed by atoms with Crippen molar-refractivity contribution >= 4 is 62.3 Å². The highest BCUT2D eigenvalue weighted by Gasteiger charge is 2.32. The summed E-state index contributed by atoms with van der Waals surface area (Å²) in [6.07, 6.45) is 0. The summed E-state index contributed by atoms with van der Waals surface area (Å²) in [5.41, 5.74) is 0.0798. The van der Waals surface area contributed by atoms with Crippen molar-refractivity contribution in [2.75, 3.05) is 19.8 Å². The number of thiazole rings is 1. The second kappa shape index (κ2) is 10.2. The molecular formula is C10H15BrNO6PS3. The Morgan fingerprint density at radius 1 is 1.23 bits per heavy atom. The number of halogens is 1. The molecule has 0 amide bonds. The molecule has 0 atom stereocenters. The number of aromatic nitrogens is 1. The summed E-state index contributed by atoms with van der Waals surface area (Å²) in [7, 11) is 0. The van der Waals surface area contributed by atoms with Crippen molar-refractivity contribution in [3.05, 3.63) is 9.48 Å². The van der Waals surface area contributed by atoms with Gasteiger partial charge in [-0.2, -0.15) is 4.98 Å². The molecular weight excluding hydrogens is 437 g/mol. The predicted octanol–water partition coefficient (Wildman–Crippen LogP) is 4.94. The highest BCUT2D eigenvalue weighted by Crippen LogP contribution is 2.70. The third kappa shape index (κ3) is 6.38. The molecule has 1 rings (SSSR count). The minimum absolute atomic E-state index is 0.0673. The summed E-state index contributed by atoms with van der Waals surface area (Å²) in [6, 6.07) is 0. The highest BCUT2D eigenvalue weighted by molar-refractivity contribution is 9.11. The first-order chi connectivity index (χ1) is 10.5. The monoisotopic (exact) mass is 451 g/mol. The molecule has 0 unspecified atom stereocenters. The minimum Gasteiger partial charge on any atom is -0.461 e. The van der Waals surface area contributed by atoms with Gasteiger partial charge in [0.1, 0.15) is 27.1 Å². The molecule has 7 nitrogen and oxygen atoms in total. The van der Waals surface area contributed by atoms with E-state index in [0.717, 1.165) is 11.3 Å². The van der Waals surface area contributed by atoms with E-state index in [1.165, 1.54) is 0 Å². The second-order valence-corrected chi connectivity index (χ2v) is 11.9. The van der Waals surface area contributed by atoms with Crippen LogP contribution in [-0.2, 0) is 17.7 Å². The smallest absolute Gasteiger partial charge is 0.413 e. The van der Waals surface area contributed by atoms with Crippen LogP contribution in [0.4, 0.5) is 0 Å². The van der Waals surface area contributed by atoms with E-state index in [2.05, 4.69) is 20.9 Å².